The first-order valence-corrected chi connectivity index (χ1v) is 10.6. The Labute approximate surface area is 176 Å². The molecule has 3 aromatic rings. The lowest BCUT2D eigenvalue weighted by atomic mass is 9.98. The van der Waals surface area contributed by atoms with Gasteiger partial charge in [-0.3, -0.25) is 9.59 Å². The number of piperidine rings is 1. The van der Waals surface area contributed by atoms with E-state index in [4.69, 9.17) is 9.15 Å². The molecule has 6 heteroatoms. The van der Waals surface area contributed by atoms with Crippen LogP contribution in [0.3, 0.4) is 0 Å². The lowest BCUT2D eigenvalue weighted by Crippen LogP contribution is -2.43. The highest BCUT2D eigenvalue weighted by molar-refractivity contribution is 5.98. The predicted molar refractivity (Wildman–Crippen MR) is 114 cm³/mol. The van der Waals surface area contributed by atoms with Crippen LogP contribution in [0.15, 0.2) is 40.8 Å². The fourth-order valence-corrected chi connectivity index (χ4v) is 4.25. The number of amides is 1. The van der Waals surface area contributed by atoms with E-state index in [2.05, 4.69) is 19.1 Å². The Morgan fingerprint density at radius 1 is 1.20 bits per heavy atom. The molecule has 1 aliphatic heterocycles. The van der Waals surface area contributed by atoms with Crippen LogP contribution in [0.5, 0.6) is 0 Å². The summed E-state index contributed by atoms with van der Waals surface area (Å²) < 4.78 is 13.0. The molecule has 0 radical (unpaired) electrons. The fourth-order valence-electron chi connectivity index (χ4n) is 4.25. The number of aryl methyl sites for hydroxylation is 2. The van der Waals surface area contributed by atoms with E-state index < -0.39 is 0 Å². The zero-order chi connectivity index (χ0) is 21.3. The number of hydrogen-bond donors (Lipinski definition) is 0. The minimum atomic E-state index is -0.257. The van der Waals surface area contributed by atoms with Crippen molar-refractivity contribution in [1.29, 1.82) is 0 Å². The summed E-state index contributed by atoms with van der Waals surface area (Å²) in [6.07, 6.45) is 1.55. The molecule has 30 heavy (non-hydrogen) atoms. The molecule has 1 atom stereocenters. The molecule has 0 spiro atoms. The van der Waals surface area contributed by atoms with Crippen LogP contribution in [-0.2, 0) is 16.1 Å². The van der Waals surface area contributed by atoms with Gasteiger partial charge >= 0.3 is 5.97 Å². The highest BCUT2D eigenvalue weighted by Gasteiger charge is 2.31. The summed E-state index contributed by atoms with van der Waals surface area (Å²) in [5.74, 6) is 0.280. The predicted octanol–water partition coefficient (Wildman–Crippen LogP) is 4.31. The second-order valence-electron chi connectivity index (χ2n) is 7.99. The number of likely N-dealkylation sites (tertiary alicyclic amines) is 1. The van der Waals surface area contributed by atoms with Gasteiger partial charge in [-0.1, -0.05) is 24.3 Å². The lowest BCUT2D eigenvalue weighted by molar-refractivity contribution is -0.149. The number of nitrogens with zero attached hydrogens (tertiary/aromatic N) is 2. The third kappa shape index (κ3) is 3.86. The normalized spacial score (nSPS) is 16.8. The SMILES string of the molecule is CCOC(=O)C1CCCN(C(=O)c2cc3oc(C)cc3n2Cc2ccccc2C)C1. The van der Waals surface area contributed by atoms with Crippen LogP contribution >= 0.6 is 0 Å². The van der Waals surface area contributed by atoms with Crippen molar-refractivity contribution in [2.45, 2.75) is 40.2 Å². The zero-order valence-corrected chi connectivity index (χ0v) is 17.8. The minimum absolute atomic E-state index is 0.0679. The van der Waals surface area contributed by atoms with Gasteiger partial charge < -0.3 is 18.6 Å². The summed E-state index contributed by atoms with van der Waals surface area (Å²) in [7, 11) is 0. The standard InChI is InChI=1S/C24H28N2O4/c1-4-29-24(28)19-10-7-11-25(14-19)23(27)21-13-22-20(12-17(3)30-22)26(21)15-18-9-6-5-8-16(18)2/h5-6,8-9,12-13,19H,4,7,10-11,14-15H2,1-3H3. The van der Waals surface area contributed by atoms with Crippen molar-refractivity contribution in [3.8, 4) is 0 Å². The maximum atomic E-state index is 13.5. The molecular formula is C24H28N2O4. The van der Waals surface area contributed by atoms with Crippen LogP contribution in [0.1, 0.15) is 47.1 Å². The number of benzene rings is 1. The Hall–Kier alpha value is -3.02. The van der Waals surface area contributed by atoms with Crippen molar-refractivity contribution in [3.63, 3.8) is 0 Å². The first-order valence-electron chi connectivity index (χ1n) is 10.6. The maximum absolute atomic E-state index is 13.5. The number of carbonyl (C=O) groups is 2. The highest BCUT2D eigenvalue weighted by Crippen LogP contribution is 2.28. The van der Waals surface area contributed by atoms with Crippen molar-refractivity contribution < 1.29 is 18.7 Å². The summed E-state index contributed by atoms with van der Waals surface area (Å²) in [4.78, 5) is 27.5. The smallest absolute Gasteiger partial charge is 0.310 e. The largest absolute Gasteiger partial charge is 0.466 e. The number of aromatic nitrogens is 1. The molecule has 3 heterocycles. The fraction of sp³-hybridized carbons (Fsp3) is 0.417. The number of rotatable bonds is 5. The van der Waals surface area contributed by atoms with E-state index in [1.165, 1.54) is 5.56 Å². The lowest BCUT2D eigenvalue weighted by Gasteiger charge is -2.31. The van der Waals surface area contributed by atoms with Gasteiger partial charge in [0.15, 0.2) is 5.58 Å². The van der Waals surface area contributed by atoms with Gasteiger partial charge in [-0.2, -0.15) is 0 Å². The molecule has 4 rings (SSSR count). The van der Waals surface area contributed by atoms with Gasteiger partial charge in [0.05, 0.1) is 18.0 Å². The molecule has 0 aliphatic carbocycles. The van der Waals surface area contributed by atoms with Gasteiger partial charge in [-0.25, -0.2) is 0 Å². The van der Waals surface area contributed by atoms with Crippen molar-refractivity contribution in [1.82, 2.24) is 9.47 Å². The van der Waals surface area contributed by atoms with Crippen LogP contribution in [0, 0.1) is 19.8 Å². The molecule has 1 aromatic carbocycles. The van der Waals surface area contributed by atoms with E-state index in [0.29, 0.717) is 37.5 Å². The van der Waals surface area contributed by atoms with E-state index in [-0.39, 0.29) is 17.8 Å². The minimum Gasteiger partial charge on any atom is -0.466 e. The second kappa shape index (κ2) is 8.38. The molecule has 1 amide bonds. The summed E-state index contributed by atoms with van der Waals surface area (Å²) in [5, 5.41) is 0. The number of furan rings is 1. The van der Waals surface area contributed by atoms with Crippen LogP contribution in [-0.4, -0.2) is 41.0 Å². The van der Waals surface area contributed by atoms with E-state index in [9.17, 15) is 9.59 Å². The molecule has 158 valence electrons. The van der Waals surface area contributed by atoms with E-state index in [0.717, 1.165) is 29.7 Å². The first kappa shape index (κ1) is 20.3. The Kier molecular flexibility index (Phi) is 5.66. The van der Waals surface area contributed by atoms with E-state index >= 15 is 0 Å². The first-order chi connectivity index (χ1) is 14.5. The van der Waals surface area contributed by atoms with Crippen LogP contribution in [0.4, 0.5) is 0 Å². The molecule has 1 aliphatic rings. The Bertz CT molecular complexity index is 1080. The molecule has 0 bridgehead atoms. The zero-order valence-electron chi connectivity index (χ0n) is 17.8. The van der Waals surface area contributed by atoms with Gasteiger partial charge in [-0.15, -0.1) is 0 Å². The average Bonchev–Trinajstić information content (AvgIpc) is 3.26. The number of esters is 1. The number of fused-ring (bicyclic) bond motifs is 1. The van der Waals surface area contributed by atoms with Gasteiger partial charge in [0.1, 0.15) is 11.5 Å². The van der Waals surface area contributed by atoms with Crippen LogP contribution < -0.4 is 0 Å². The van der Waals surface area contributed by atoms with E-state index in [1.807, 2.05) is 35.8 Å². The van der Waals surface area contributed by atoms with Crippen molar-refractivity contribution >= 4 is 23.0 Å². The second-order valence-corrected chi connectivity index (χ2v) is 7.99. The summed E-state index contributed by atoms with van der Waals surface area (Å²) >= 11 is 0. The monoisotopic (exact) mass is 408 g/mol. The molecule has 2 aromatic heterocycles. The Morgan fingerprint density at radius 3 is 2.77 bits per heavy atom. The third-order valence-electron chi connectivity index (χ3n) is 5.85. The molecule has 0 saturated carbocycles. The molecule has 1 saturated heterocycles. The van der Waals surface area contributed by atoms with Crippen molar-refractivity contribution in [3.05, 3.63) is 59.0 Å². The number of ether oxygens (including phenoxy) is 1. The van der Waals surface area contributed by atoms with E-state index in [1.54, 1.807) is 11.8 Å². The topological polar surface area (TPSA) is 64.7 Å². The summed E-state index contributed by atoms with van der Waals surface area (Å²) in [6, 6.07) is 12.0. The number of hydrogen-bond acceptors (Lipinski definition) is 4. The van der Waals surface area contributed by atoms with Gasteiger partial charge in [-0.05, 0) is 44.7 Å². The van der Waals surface area contributed by atoms with Crippen LogP contribution in [0.2, 0.25) is 0 Å². The molecule has 1 unspecified atom stereocenters. The Morgan fingerprint density at radius 2 is 2.00 bits per heavy atom. The third-order valence-corrected chi connectivity index (χ3v) is 5.85. The maximum Gasteiger partial charge on any atom is 0.310 e. The quantitative estimate of drug-likeness (QED) is 0.590. The molecular weight excluding hydrogens is 380 g/mol. The molecule has 1 fully saturated rings. The van der Waals surface area contributed by atoms with Crippen molar-refractivity contribution in [2.24, 2.45) is 5.92 Å². The molecule has 0 N–H and O–H groups in total. The van der Waals surface area contributed by atoms with Gasteiger partial charge in [0.2, 0.25) is 0 Å². The Balaban J connectivity index is 1.66. The van der Waals surface area contributed by atoms with Crippen LogP contribution in [0.25, 0.3) is 11.1 Å². The van der Waals surface area contributed by atoms with Gasteiger partial charge in [0.25, 0.3) is 5.91 Å². The average molecular weight is 408 g/mol. The number of carbonyl (C=O) groups excluding carboxylic acids is 2. The van der Waals surface area contributed by atoms with Gasteiger partial charge in [0, 0.05) is 31.8 Å². The highest BCUT2D eigenvalue weighted by atomic mass is 16.5. The summed E-state index contributed by atoms with van der Waals surface area (Å²) in [6.45, 7) is 7.78. The molecule has 6 nitrogen and oxygen atoms in total. The van der Waals surface area contributed by atoms with Crippen molar-refractivity contribution in [2.75, 3.05) is 19.7 Å². The summed E-state index contributed by atoms with van der Waals surface area (Å²) in [5.41, 5.74) is 4.56.